The minimum atomic E-state index is -4.59. The topological polar surface area (TPSA) is 61.3 Å². The molecule has 0 aromatic carbocycles. The van der Waals surface area contributed by atoms with Gasteiger partial charge in [-0.1, -0.05) is 0 Å². The third-order valence-electron chi connectivity index (χ3n) is 4.61. The molecule has 1 aromatic heterocycles. The molecule has 23 heavy (non-hydrogen) atoms. The average Bonchev–Trinajstić information content (AvgIpc) is 2.95. The Balaban J connectivity index is 2.02. The Labute approximate surface area is 132 Å². The molecule has 0 bridgehead atoms. The normalized spacial score (nSPS) is 25.1. The lowest BCUT2D eigenvalue weighted by atomic mass is 9.98. The van der Waals surface area contributed by atoms with Crippen molar-refractivity contribution in [2.75, 3.05) is 31.1 Å². The number of nitrogens with zero attached hydrogens (tertiary/aromatic N) is 3. The maximum atomic E-state index is 13.3. The molecule has 2 fully saturated rings. The van der Waals surface area contributed by atoms with Gasteiger partial charge in [0.15, 0.2) is 0 Å². The molecular formula is C15H21F3N4O. The molecule has 0 saturated carbocycles. The molecule has 3 heterocycles. The molecule has 0 amide bonds. The minimum Gasteiger partial charge on any atom is -0.384 e. The van der Waals surface area contributed by atoms with E-state index in [1.807, 2.05) is 4.90 Å². The maximum Gasteiger partial charge on any atom is 0.420 e. The standard InChI is InChI=1S/C15H21F3N4O/c1-8-11(15(16,17)18)12(14(2,3)23)21-13(20-8)22-6-9-4-19-5-10(9)7-22/h9-10,19,23H,4-7H2,1-3H3. The van der Waals surface area contributed by atoms with Crippen LogP contribution in [0, 0.1) is 18.8 Å². The summed E-state index contributed by atoms with van der Waals surface area (Å²) in [7, 11) is 0. The predicted octanol–water partition coefficient (Wildman–Crippen LogP) is 1.69. The molecule has 5 nitrogen and oxygen atoms in total. The van der Waals surface area contributed by atoms with Crippen molar-refractivity contribution in [3.8, 4) is 0 Å². The lowest BCUT2D eigenvalue weighted by molar-refractivity contribution is -0.141. The van der Waals surface area contributed by atoms with E-state index in [9.17, 15) is 18.3 Å². The van der Waals surface area contributed by atoms with Crippen molar-refractivity contribution in [2.24, 2.45) is 11.8 Å². The number of aromatic nitrogens is 2. The Hall–Kier alpha value is -1.41. The van der Waals surface area contributed by atoms with Gasteiger partial charge in [-0.15, -0.1) is 0 Å². The summed E-state index contributed by atoms with van der Waals surface area (Å²) in [4.78, 5) is 10.1. The quantitative estimate of drug-likeness (QED) is 0.864. The largest absolute Gasteiger partial charge is 0.420 e. The molecule has 128 valence electrons. The van der Waals surface area contributed by atoms with Crippen LogP contribution < -0.4 is 10.2 Å². The van der Waals surface area contributed by atoms with Gasteiger partial charge in [0.25, 0.3) is 0 Å². The number of aryl methyl sites for hydroxylation is 1. The first-order valence-electron chi connectivity index (χ1n) is 7.71. The molecular weight excluding hydrogens is 309 g/mol. The number of alkyl halides is 3. The third kappa shape index (κ3) is 3.01. The Bertz CT molecular complexity index is 600. The highest BCUT2D eigenvalue weighted by atomic mass is 19.4. The van der Waals surface area contributed by atoms with E-state index in [0.717, 1.165) is 26.2 Å². The van der Waals surface area contributed by atoms with Crippen molar-refractivity contribution < 1.29 is 18.3 Å². The van der Waals surface area contributed by atoms with Gasteiger partial charge in [0.2, 0.25) is 5.95 Å². The molecule has 3 rings (SSSR count). The van der Waals surface area contributed by atoms with Gasteiger partial charge in [0.05, 0.1) is 11.4 Å². The lowest BCUT2D eigenvalue weighted by Crippen LogP contribution is -2.31. The second-order valence-corrected chi connectivity index (χ2v) is 6.97. The van der Waals surface area contributed by atoms with E-state index in [-0.39, 0.29) is 17.3 Å². The Morgan fingerprint density at radius 1 is 1.13 bits per heavy atom. The molecule has 1 aromatic rings. The number of hydrogen-bond acceptors (Lipinski definition) is 5. The number of aliphatic hydroxyl groups is 1. The van der Waals surface area contributed by atoms with E-state index in [1.165, 1.54) is 20.8 Å². The molecule has 0 spiro atoms. The molecule has 2 saturated heterocycles. The number of hydrogen-bond donors (Lipinski definition) is 2. The number of rotatable bonds is 2. The van der Waals surface area contributed by atoms with Gasteiger partial charge in [0, 0.05) is 26.2 Å². The van der Waals surface area contributed by atoms with Crippen LogP contribution in [0.4, 0.5) is 19.1 Å². The lowest BCUT2D eigenvalue weighted by Gasteiger charge is -2.26. The van der Waals surface area contributed by atoms with Crippen LogP contribution in [0.5, 0.6) is 0 Å². The second-order valence-electron chi connectivity index (χ2n) is 6.97. The summed E-state index contributed by atoms with van der Waals surface area (Å²) in [5, 5.41) is 13.5. The molecule has 2 aliphatic heterocycles. The summed E-state index contributed by atoms with van der Waals surface area (Å²) >= 11 is 0. The summed E-state index contributed by atoms with van der Waals surface area (Å²) < 4.78 is 40.0. The van der Waals surface area contributed by atoms with E-state index < -0.39 is 17.3 Å². The van der Waals surface area contributed by atoms with Crippen LogP contribution in [0.1, 0.15) is 30.8 Å². The first kappa shape index (κ1) is 16.4. The third-order valence-corrected chi connectivity index (χ3v) is 4.61. The van der Waals surface area contributed by atoms with Gasteiger partial charge < -0.3 is 15.3 Å². The maximum absolute atomic E-state index is 13.3. The fraction of sp³-hybridized carbons (Fsp3) is 0.733. The number of nitrogens with one attached hydrogen (secondary N) is 1. The van der Waals surface area contributed by atoms with Crippen LogP contribution in [0.2, 0.25) is 0 Å². The van der Waals surface area contributed by atoms with Gasteiger partial charge in [-0.3, -0.25) is 0 Å². The average molecular weight is 330 g/mol. The Morgan fingerprint density at radius 3 is 2.17 bits per heavy atom. The van der Waals surface area contributed by atoms with Crippen LogP contribution in [0.25, 0.3) is 0 Å². The first-order valence-corrected chi connectivity index (χ1v) is 7.71. The highest BCUT2D eigenvalue weighted by Gasteiger charge is 2.43. The SMILES string of the molecule is Cc1nc(N2CC3CNCC3C2)nc(C(C)(C)O)c1C(F)(F)F. The first-order chi connectivity index (χ1) is 10.6. The summed E-state index contributed by atoms with van der Waals surface area (Å²) in [5.74, 6) is 1.24. The van der Waals surface area contributed by atoms with Crippen LogP contribution in [0.3, 0.4) is 0 Å². The number of halogens is 3. The van der Waals surface area contributed by atoms with Crippen LogP contribution in [-0.2, 0) is 11.8 Å². The van der Waals surface area contributed by atoms with Crippen molar-refractivity contribution in [2.45, 2.75) is 32.5 Å². The zero-order valence-electron chi connectivity index (χ0n) is 13.4. The van der Waals surface area contributed by atoms with Crippen molar-refractivity contribution in [1.82, 2.24) is 15.3 Å². The fourth-order valence-corrected chi connectivity index (χ4v) is 3.50. The Morgan fingerprint density at radius 2 is 1.70 bits per heavy atom. The van der Waals surface area contributed by atoms with E-state index in [0.29, 0.717) is 11.8 Å². The molecule has 0 radical (unpaired) electrons. The zero-order valence-corrected chi connectivity index (χ0v) is 13.4. The summed E-state index contributed by atoms with van der Waals surface area (Å²) in [6.07, 6.45) is -4.59. The van der Waals surface area contributed by atoms with Gasteiger partial charge in [-0.2, -0.15) is 13.2 Å². The van der Waals surface area contributed by atoms with Crippen molar-refractivity contribution in [3.05, 3.63) is 17.0 Å². The van der Waals surface area contributed by atoms with Gasteiger partial charge in [-0.25, -0.2) is 9.97 Å². The van der Waals surface area contributed by atoms with Crippen molar-refractivity contribution >= 4 is 5.95 Å². The second kappa shape index (κ2) is 5.31. The molecule has 2 aliphatic rings. The monoisotopic (exact) mass is 330 g/mol. The van der Waals surface area contributed by atoms with Crippen LogP contribution >= 0.6 is 0 Å². The zero-order chi connectivity index (χ0) is 17.0. The fourth-order valence-electron chi connectivity index (χ4n) is 3.50. The Kier molecular flexibility index (Phi) is 3.79. The van der Waals surface area contributed by atoms with Crippen molar-refractivity contribution in [1.29, 1.82) is 0 Å². The summed E-state index contributed by atoms with van der Waals surface area (Å²) in [6.45, 7) is 7.24. The van der Waals surface area contributed by atoms with Gasteiger partial charge in [0.1, 0.15) is 11.2 Å². The molecule has 2 unspecified atom stereocenters. The summed E-state index contributed by atoms with van der Waals surface area (Å²) in [5.41, 5.74) is -3.13. The van der Waals surface area contributed by atoms with Gasteiger partial charge >= 0.3 is 6.18 Å². The van der Waals surface area contributed by atoms with Crippen LogP contribution in [0.15, 0.2) is 0 Å². The highest BCUT2D eigenvalue weighted by Crippen LogP contribution is 2.39. The number of anilines is 1. The molecule has 0 aliphatic carbocycles. The smallest absolute Gasteiger partial charge is 0.384 e. The molecule has 8 heteroatoms. The molecule has 2 N–H and O–H groups in total. The van der Waals surface area contributed by atoms with E-state index in [2.05, 4.69) is 15.3 Å². The minimum absolute atomic E-state index is 0.144. The number of fused-ring (bicyclic) bond motifs is 1. The van der Waals surface area contributed by atoms with Crippen LogP contribution in [-0.4, -0.2) is 41.3 Å². The predicted molar refractivity (Wildman–Crippen MR) is 79.1 cm³/mol. The van der Waals surface area contributed by atoms with Gasteiger partial charge in [-0.05, 0) is 32.6 Å². The van der Waals surface area contributed by atoms with E-state index >= 15 is 0 Å². The highest BCUT2D eigenvalue weighted by molar-refractivity contribution is 5.41. The summed E-state index contributed by atoms with van der Waals surface area (Å²) in [6, 6.07) is 0. The molecule has 2 atom stereocenters. The van der Waals surface area contributed by atoms with E-state index in [1.54, 1.807) is 0 Å². The van der Waals surface area contributed by atoms with Crippen molar-refractivity contribution in [3.63, 3.8) is 0 Å². The van der Waals surface area contributed by atoms with E-state index in [4.69, 9.17) is 0 Å².